The highest BCUT2D eigenvalue weighted by Crippen LogP contribution is 2.36. The van der Waals surface area contributed by atoms with Crippen molar-refractivity contribution in [3.05, 3.63) is 143 Å². The SMILES string of the molecule is CCN(CC)CC(OC(CN(CC)CC)c1ccccc1C(O)C(=O)c1ccccc1)c1ccccc1C(O)C(=O)c1ccccc1. The second kappa shape index (κ2) is 17.8. The summed E-state index contributed by atoms with van der Waals surface area (Å²) >= 11 is 0. The number of Topliss-reactive ketones (excluding diaryl/α,β-unsaturated/α-hetero) is 2. The predicted octanol–water partition coefficient (Wildman–Crippen LogP) is 7.00. The van der Waals surface area contributed by atoms with Crippen molar-refractivity contribution >= 4 is 11.6 Å². The average molecular weight is 637 g/mol. The van der Waals surface area contributed by atoms with Crippen LogP contribution < -0.4 is 0 Å². The summed E-state index contributed by atoms with van der Waals surface area (Å²) in [6.07, 6.45) is -3.84. The summed E-state index contributed by atoms with van der Waals surface area (Å²) in [4.78, 5) is 31.4. The summed E-state index contributed by atoms with van der Waals surface area (Å²) in [7, 11) is 0. The number of aliphatic hydroxyl groups is 2. The molecule has 0 fully saturated rings. The van der Waals surface area contributed by atoms with Crippen molar-refractivity contribution in [2.75, 3.05) is 39.3 Å². The maximum Gasteiger partial charge on any atom is 0.195 e. The number of ether oxygens (including phenoxy) is 1. The lowest BCUT2D eigenvalue weighted by Crippen LogP contribution is -2.35. The summed E-state index contributed by atoms with van der Waals surface area (Å²) in [5, 5.41) is 23.0. The van der Waals surface area contributed by atoms with Crippen LogP contribution in [0.1, 0.15) is 95.1 Å². The zero-order chi connectivity index (χ0) is 33.8. The first-order chi connectivity index (χ1) is 22.8. The van der Waals surface area contributed by atoms with Gasteiger partial charge in [0.2, 0.25) is 0 Å². The van der Waals surface area contributed by atoms with E-state index in [0.717, 1.165) is 37.3 Å². The Labute approximate surface area is 279 Å². The molecule has 0 spiro atoms. The quantitative estimate of drug-likeness (QED) is 0.114. The van der Waals surface area contributed by atoms with Gasteiger partial charge in [-0.2, -0.15) is 0 Å². The molecule has 2 N–H and O–H groups in total. The van der Waals surface area contributed by atoms with Gasteiger partial charge in [-0.15, -0.1) is 0 Å². The van der Waals surface area contributed by atoms with E-state index < -0.39 is 24.4 Å². The standard InChI is InChI=1S/C40H48N2O5/c1-5-41(6-2)27-35(31-23-15-17-25-33(31)39(45)37(43)29-19-11-9-12-20-29)47-36(28-42(7-3)8-4)32-24-16-18-26-34(32)40(46)38(44)30-21-13-10-14-22-30/h9-26,35-36,39-40,45-46H,5-8,27-28H2,1-4H3. The molecule has 248 valence electrons. The monoisotopic (exact) mass is 636 g/mol. The molecule has 4 aromatic rings. The van der Waals surface area contributed by atoms with Gasteiger partial charge < -0.3 is 24.7 Å². The third-order valence-electron chi connectivity index (χ3n) is 8.85. The van der Waals surface area contributed by atoms with Crippen LogP contribution >= 0.6 is 0 Å². The fourth-order valence-corrected chi connectivity index (χ4v) is 5.97. The van der Waals surface area contributed by atoms with Crippen molar-refractivity contribution in [1.82, 2.24) is 9.80 Å². The number of benzene rings is 4. The lowest BCUT2D eigenvalue weighted by Gasteiger charge is -2.34. The fraction of sp³-hybridized carbons (Fsp3) is 0.350. The van der Waals surface area contributed by atoms with E-state index in [0.29, 0.717) is 35.3 Å². The number of aliphatic hydroxyl groups excluding tert-OH is 2. The highest BCUT2D eigenvalue weighted by molar-refractivity contribution is 6.00. The Morgan fingerprint density at radius 2 is 0.809 bits per heavy atom. The summed E-state index contributed by atoms with van der Waals surface area (Å²) in [6.45, 7) is 12.5. The zero-order valence-electron chi connectivity index (χ0n) is 28.0. The van der Waals surface area contributed by atoms with Gasteiger partial charge in [-0.05, 0) is 48.4 Å². The first-order valence-corrected chi connectivity index (χ1v) is 16.6. The van der Waals surface area contributed by atoms with Gasteiger partial charge in [0.15, 0.2) is 11.6 Å². The molecule has 0 aliphatic rings. The first kappa shape index (κ1) is 35.9. The summed E-state index contributed by atoms with van der Waals surface area (Å²) < 4.78 is 7.12. The minimum absolute atomic E-state index is 0.382. The summed E-state index contributed by atoms with van der Waals surface area (Å²) in [5.74, 6) is -0.764. The molecule has 0 aliphatic heterocycles. The fourth-order valence-electron chi connectivity index (χ4n) is 5.97. The van der Waals surface area contributed by atoms with E-state index in [-0.39, 0.29) is 11.6 Å². The third-order valence-corrected chi connectivity index (χ3v) is 8.85. The van der Waals surface area contributed by atoms with Gasteiger partial charge in [0.05, 0.1) is 12.2 Å². The van der Waals surface area contributed by atoms with Gasteiger partial charge in [0.25, 0.3) is 0 Å². The van der Waals surface area contributed by atoms with E-state index in [1.807, 2.05) is 48.5 Å². The lowest BCUT2D eigenvalue weighted by atomic mass is 9.91. The number of ketones is 2. The van der Waals surface area contributed by atoms with Crippen LogP contribution in [0.4, 0.5) is 0 Å². The Balaban J connectivity index is 1.79. The molecule has 4 unspecified atom stereocenters. The van der Waals surface area contributed by atoms with Crippen LogP contribution in [0.3, 0.4) is 0 Å². The lowest BCUT2D eigenvalue weighted by molar-refractivity contribution is -0.0468. The normalized spacial score (nSPS) is 14.1. The van der Waals surface area contributed by atoms with E-state index >= 15 is 0 Å². The van der Waals surface area contributed by atoms with Gasteiger partial charge in [0.1, 0.15) is 12.2 Å². The summed E-state index contributed by atoms with van der Waals surface area (Å²) in [6, 6.07) is 32.5. The van der Waals surface area contributed by atoms with Crippen molar-refractivity contribution in [2.45, 2.75) is 52.1 Å². The molecule has 4 aromatic carbocycles. The molecule has 0 radical (unpaired) electrons. The molecule has 4 rings (SSSR count). The van der Waals surface area contributed by atoms with Crippen molar-refractivity contribution < 1.29 is 24.5 Å². The van der Waals surface area contributed by atoms with E-state index in [4.69, 9.17) is 4.74 Å². The van der Waals surface area contributed by atoms with Crippen LogP contribution in [0.25, 0.3) is 0 Å². The average Bonchev–Trinajstić information content (AvgIpc) is 3.14. The molecule has 0 saturated carbocycles. The number of carbonyl (C=O) groups excluding carboxylic acids is 2. The number of likely N-dealkylation sites (N-methyl/N-ethyl adjacent to an activating group) is 2. The Bertz CT molecular complexity index is 1440. The van der Waals surface area contributed by atoms with Crippen LogP contribution in [0.2, 0.25) is 0 Å². The van der Waals surface area contributed by atoms with E-state index in [1.165, 1.54) is 0 Å². The smallest absolute Gasteiger partial charge is 0.195 e. The third kappa shape index (κ3) is 9.10. The number of hydrogen-bond acceptors (Lipinski definition) is 7. The van der Waals surface area contributed by atoms with Gasteiger partial charge in [-0.25, -0.2) is 0 Å². The van der Waals surface area contributed by atoms with Crippen LogP contribution in [0, 0.1) is 0 Å². The van der Waals surface area contributed by atoms with E-state index in [2.05, 4.69) is 37.5 Å². The van der Waals surface area contributed by atoms with Gasteiger partial charge in [0, 0.05) is 24.2 Å². The minimum atomic E-state index is -1.38. The minimum Gasteiger partial charge on any atom is -0.380 e. The summed E-state index contributed by atoms with van der Waals surface area (Å²) in [5.41, 5.74) is 3.29. The number of rotatable bonds is 18. The molecule has 0 bridgehead atoms. The van der Waals surface area contributed by atoms with Gasteiger partial charge in [-0.3, -0.25) is 9.59 Å². The largest absolute Gasteiger partial charge is 0.380 e. The maximum absolute atomic E-state index is 13.5. The molecular formula is C40H48N2O5. The molecular weight excluding hydrogens is 588 g/mol. The van der Waals surface area contributed by atoms with Crippen LogP contribution in [-0.2, 0) is 4.74 Å². The molecule has 7 nitrogen and oxygen atoms in total. The molecule has 0 saturated heterocycles. The highest BCUT2D eigenvalue weighted by atomic mass is 16.5. The van der Waals surface area contributed by atoms with E-state index in [9.17, 15) is 19.8 Å². The van der Waals surface area contributed by atoms with Crippen LogP contribution in [0.15, 0.2) is 109 Å². The van der Waals surface area contributed by atoms with Crippen LogP contribution in [0.5, 0.6) is 0 Å². The number of nitrogens with zero attached hydrogens (tertiary/aromatic N) is 2. The zero-order valence-corrected chi connectivity index (χ0v) is 28.0. The number of hydrogen-bond donors (Lipinski definition) is 2. The van der Waals surface area contributed by atoms with Gasteiger partial charge in [-0.1, -0.05) is 137 Å². The maximum atomic E-state index is 13.5. The second-order valence-electron chi connectivity index (χ2n) is 11.6. The topological polar surface area (TPSA) is 90.3 Å². The second-order valence-corrected chi connectivity index (χ2v) is 11.6. The van der Waals surface area contributed by atoms with Crippen molar-refractivity contribution in [3.63, 3.8) is 0 Å². The van der Waals surface area contributed by atoms with Crippen molar-refractivity contribution in [1.29, 1.82) is 0 Å². The Hall–Kier alpha value is -3.98. The van der Waals surface area contributed by atoms with Crippen LogP contribution in [-0.4, -0.2) is 70.8 Å². The van der Waals surface area contributed by atoms with Crippen molar-refractivity contribution in [3.8, 4) is 0 Å². The Morgan fingerprint density at radius 3 is 1.13 bits per heavy atom. The molecule has 4 atom stereocenters. The van der Waals surface area contributed by atoms with Gasteiger partial charge >= 0.3 is 0 Å². The molecule has 7 heteroatoms. The highest BCUT2D eigenvalue weighted by Gasteiger charge is 2.31. The predicted molar refractivity (Wildman–Crippen MR) is 186 cm³/mol. The number of carbonyl (C=O) groups is 2. The first-order valence-electron chi connectivity index (χ1n) is 16.6. The molecule has 47 heavy (non-hydrogen) atoms. The molecule has 0 amide bonds. The Kier molecular flexibility index (Phi) is 13.6. The van der Waals surface area contributed by atoms with Crippen molar-refractivity contribution in [2.24, 2.45) is 0 Å². The van der Waals surface area contributed by atoms with E-state index in [1.54, 1.807) is 60.7 Å². The Morgan fingerprint density at radius 1 is 0.511 bits per heavy atom. The molecule has 0 heterocycles. The molecule has 0 aliphatic carbocycles. The molecule has 0 aromatic heterocycles.